The second-order valence-corrected chi connectivity index (χ2v) is 9.38. The van der Waals surface area contributed by atoms with E-state index in [4.69, 9.17) is 4.74 Å². The molecule has 5 aliphatic rings. The summed E-state index contributed by atoms with van der Waals surface area (Å²) in [4.78, 5) is 27.9. The molecule has 6 nitrogen and oxygen atoms in total. The molecule has 3 saturated carbocycles. The topological polar surface area (TPSA) is 78.9 Å². The Labute approximate surface area is 165 Å². The fourth-order valence-corrected chi connectivity index (χ4v) is 6.01. The summed E-state index contributed by atoms with van der Waals surface area (Å²) in [5.74, 6) is 0.780. The number of carbonyl (C=O) groups is 2. The van der Waals surface area contributed by atoms with Crippen molar-refractivity contribution in [2.75, 3.05) is 13.1 Å². The fraction of sp³-hybridized carbons (Fsp3) is 0.636. The third-order valence-electron chi connectivity index (χ3n) is 7.51. The number of amides is 2. The molecule has 2 heterocycles. The Morgan fingerprint density at radius 1 is 1.32 bits per heavy atom. The van der Waals surface area contributed by atoms with E-state index in [1.807, 2.05) is 23.1 Å². The minimum absolute atomic E-state index is 0.0696. The van der Waals surface area contributed by atoms with Gasteiger partial charge in [0.25, 0.3) is 5.91 Å². The summed E-state index contributed by atoms with van der Waals surface area (Å²) in [6, 6.07) is 7.38. The molecule has 1 spiro atoms. The van der Waals surface area contributed by atoms with E-state index in [0.717, 1.165) is 38.6 Å². The van der Waals surface area contributed by atoms with Crippen LogP contribution < -0.4 is 10.1 Å². The smallest absolute Gasteiger partial charge is 0.258 e. The number of likely N-dealkylation sites (tertiary alicyclic amines) is 1. The van der Waals surface area contributed by atoms with Crippen molar-refractivity contribution in [3.8, 4) is 5.75 Å². The molecule has 0 unspecified atom stereocenters. The summed E-state index contributed by atoms with van der Waals surface area (Å²) in [6.07, 6.45) is 4.52. The minimum atomic E-state index is -0.712. The van der Waals surface area contributed by atoms with Crippen LogP contribution in [0.4, 0.5) is 0 Å². The summed E-state index contributed by atoms with van der Waals surface area (Å²) < 4.78 is 6.42. The van der Waals surface area contributed by atoms with Gasteiger partial charge in [-0.05, 0) is 49.7 Å². The van der Waals surface area contributed by atoms with Crippen LogP contribution in [-0.2, 0) is 4.79 Å². The molecule has 150 valence electrons. The molecule has 6 heteroatoms. The Morgan fingerprint density at radius 2 is 2.14 bits per heavy atom. The number of rotatable bonds is 1. The van der Waals surface area contributed by atoms with E-state index < -0.39 is 11.8 Å². The van der Waals surface area contributed by atoms with E-state index in [1.165, 1.54) is 0 Å². The molecule has 2 bridgehead atoms. The van der Waals surface area contributed by atoms with Crippen LogP contribution in [-0.4, -0.2) is 46.7 Å². The highest BCUT2D eigenvalue weighted by atomic mass is 16.5. The van der Waals surface area contributed by atoms with Crippen molar-refractivity contribution in [2.45, 2.75) is 57.3 Å². The number of hydrogen-bond acceptors (Lipinski definition) is 4. The predicted molar refractivity (Wildman–Crippen MR) is 103 cm³/mol. The molecule has 28 heavy (non-hydrogen) atoms. The highest BCUT2D eigenvalue weighted by Crippen LogP contribution is 2.59. The molecule has 3 aliphatic carbocycles. The quantitative estimate of drug-likeness (QED) is 0.779. The van der Waals surface area contributed by atoms with Crippen molar-refractivity contribution < 1.29 is 19.4 Å². The Balaban J connectivity index is 1.41. The van der Waals surface area contributed by atoms with Crippen LogP contribution in [0.2, 0.25) is 0 Å². The standard InChI is InChI=1S/C22H28N2O4/c1-21-9-8-14(11-17(21)20(27)24-10-4-5-15(25)12-24)22(13-21)23-19(26)16-6-2-3-7-18(16)28-22/h2-3,6-7,14-15,17,25H,4-5,8-13H2,1H3,(H,23,26)/t14-,15+,17+,21-,22-/m0/s1. The number of para-hydroxylation sites is 1. The third kappa shape index (κ3) is 2.65. The van der Waals surface area contributed by atoms with E-state index in [2.05, 4.69) is 12.2 Å². The van der Waals surface area contributed by atoms with Gasteiger partial charge in [0.1, 0.15) is 5.75 Å². The molecule has 0 radical (unpaired) electrons. The van der Waals surface area contributed by atoms with Crippen molar-refractivity contribution in [1.82, 2.24) is 10.2 Å². The third-order valence-corrected chi connectivity index (χ3v) is 7.51. The first-order chi connectivity index (χ1) is 13.4. The Bertz CT molecular complexity index is 827. The van der Waals surface area contributed by atoms with Crippen molar-refractivity contribution in [1.29, 1.82) is 0 Å². The molecular weight excluding hydrogens is 356 g/mol. The molecule has 1 aromatic rings. The first kappa shape index (κ1) is 18.0. The number of carbonyl (C=O) groups excluding carboxylic acids is 2. The summed E-state index contributed by atoms with van der Waals surface area (Å²) in [7, 11) is 0. The van der Waals surface area contributed by atoms with E-state index >= 15 is 0 Å². The lowest BCUT2D eigenvalue weighted by atomic mass is 9.52. The molecule has 4 fully saturated rings. The second-order valence-electron chi connectivity index (χ2n) is 9.38. The zero-order chi connectivity index (χ0) is 19.5. The maximum atomic E-state index is 13.3. The number of fused-ring (bicyclic) bond motifs is 3. The van der Waals surface area contributed by atoms with Crippen molar-refractivity contribution >= 4 is 11.8 Å². The lowest BCUT2D eigenvalue weighted by Crippen LogP contribution is -2.69. The van der Waals surface area contributed by atoms with Crippen molar-refractivity contribution in [3.63, 3.8) is 0 Å². The first-order valence-corrected chi connectivity index (χ1v) is 10.5. The Morgan fingerprint density at radius 3 is 2.93 bits per heavy atom. The van der Waals surface area contributed by atoms with E-state index in [9.17, 15) is 14.7 Å². The summed E-state index contributed by atoms with van der Waals surface area (Å²) in [5.41, 5.74) is -0.348. The Hall–Kier alpha value is -2.08. The molecule has 0 aromatic heterocycles. The van der Waals surface area contributed by atoms with Crippen LogP contribution in [0, 0.1) is 17.3 Å². The summed E-state index contributed by atoms with van der Waals surface area (Å²) in [5, 5.41) is 13.1. The highest BCUT2D eigenvalue weighted by molar-refractivity contribution is 5.98. The van der Waals surface area contributed by atoms with Gasteiger partial charge in [0.15, 0.2) is 5.72 Å². The molecule has 2 N–H and O–H groups in total. The van der Waals surface area contributed by atoms with Gasteiger partial charge in [-0.1, -0.05) is 19.1 Å². The van der Waals surface area contributed by atoms with Crippen LogP contribution in [0.3, 0.4) is 0 Å². The number of hydrogen-bond donors (Lipinski definition) is 2. The number of aliphatic hydroxyl groups is 1. The number of nitrogens with zero attached hydrogens (tertiary/aromatic N) is 1. The van der Waals surface area contributed by atoms with Gasteiger partial charge in [-0.2, -0.15) is 0 Å². The van der Waals surface area contributed by atoms with Crippen molar-refractivity contribution in [2.24, 2.45) is 17.3 Å². The number of aliphatic hydroxyl groups excluding tert-OH is 1. The highest BCUT2D eigenvalue weighted by Gasteiger charge is 2.62. The monoisotopic (exact) mass is 384 g/mol. The van der Waals surface area contributed by atoms with Gasteiger partial charge in [0.05, 0.1) is 11.7 Å². The predicted octanol–water partition coefficient (Wildman–Crippen LogP) is 2.31. The van der Waals surface area contributed by atoms with Gasteiger partial charge in [0, 0.05) is 31.3 Å². The zero-order valence-corrected chi connectivity index (χ0v) is 16.3. The molecule has 6 rings (SSSR count). The van der Waals surface area contributed by atoms with Gasteiger partial charge in [0.2, 0.25) is 5.91 Å². The van der Waals surface area contributed by atoms with Gasteiger partial charge < -0.3 is 20.1 Å². The van der Waals surface area contributed by atoms with Crippen LogP contribution in [0.25, 0.3) is 0 Å². The van der Waals surface area contributed by atoms with Gasteiger partial charge in [-0.25, -0.2) is 0 Å². The molecular formula is C22H28N2O4. The maximum Gasteiger partial charge on any atom is 0.258 e. The Kier molecular flexibility index (Phi) is 3.99. The molecule has 1 saturated heterocycles. The van der Waals surface area contributed by atoms with Crippen molar-refractivity contribution in [3.05, 3.63) is 29.8 Å². The molecule has 2 aliphatic heterocycles. The van der Waals surface area contributed by atoms with Crippen LogP contribution in [0.1, 0.15) is 55.8 Å². The molecule has 2 amide bonds. The number of β-amino-alcohol motifs (C(OH)–C–C–N with tert-alkyl or cyclic N) is 1. The van der Waals surface area contributed by atoms with Crippen LogP contribution >= 0.6 is 0 Å². The first-order valence-electron chi connectivity index (χ1n) is 10.5. The van der Waals surface area contributed by atoms with E-state index in [1.54, 1.807) is 6.07 Å². The average Bonchev–Trinajstić information content (AvgIpc) is 2.67. The zero-order valence-electron chi connectivity index (χ0n) is 16.3. The largest absolute Gasteiger partial charge is 0.467 e. The van der Waals surface area contributed by atoms with Gasteiger partial charge >= 0.3 is 0 Å². The number of ether oxygens (including phenoxy) is 1. The van der Waals surface area contributed by atoms with E-state index in [0.29, 0.717) is 24.3 Å². The van der Waals surface area contributed by atoms with E-state index in [-0.39, 0.29) is 29.1 Å². The average molecular weight is 384 g/mol. The maximum absolute atomic E-state index is 13.3. The van der Waals surface area contributed by atoms with Crippen LogP contribution in [0.15, 0.2) is 24.3 Å². The fourth-order valence-electron chi connectivity index (χ4n) is 6.01. The summed E-state index contributed by atoms with van der Waals surface area (Å²) in [6.45, 7) is 3.35. The SMILES string of the molecule is C[C@@]12CC[C@@H](C[C@@H]1C(=O)N1CCC[C@@H](O)C1)[C@@]1(C2)NC(=O)c2ccccc2O1. The number of benzene rings is 1. The normalized spacial score (nSPS) is 39.3. The molecule has 1 aromatic carbocycles. The lowest BCUT2D eigenvalue weighted by Gasteiger charge is -2.60. The van der Waals surface area contributed by atoms with Crippen LogP contribution in [0.5, 0.6) is 5.75 Å². The summed E-state index contributed by atoms with van der Waals surface area (Å²) >= 11 is 0. The number of nitrogens with one attached hydrogen (secondary N) is 1. The second kappa shape index (κ2) is 6.21. The molecule has 5 atom stereocenters. The van der Waals surface area contributed by atoms with Gasteiger partial charge in [-0.15, -0.1) is 0 Å². The number of piperidine rings is 1. The minimum Gasteiger partial charge on any atom is -0.467 e. The lowest BCUT2D eigenvalue weighted by molar-refractivity contribution is -0.176. The van der Waals surface area contributed by atoms with Gasteiger partial charge in [-0.3, -0.25) is 9.59 Å².